The van der Waals surface area contributed by atoms with Crippen LogP contribution in [0.1, 0.15) is 17.2 Å². The summed E-state index contributed by atoms with van der Waals surface area (Å²) < 4.78 is 11.6. The van der Waals surface area contributed by atoms with Crippen molar-refractivity contribution in [3.8, 4) is 11.5 Å². The molecule has 7 nitrogen and oxygen atoms in total. The number of hydrogen-bond acceptors (Lipinski definition) is 4. The number of H-pyrrole nitrogens is 1. The Morgan fingerprint density at radius 2 is 1.84 bits per heavy atom. The van der Waals surface area contributed by atoms with E-state index in [0.717, 1.165) is 27.9 Å². The molecule has 0 saturated carbocycles. The quantitative estimate of drug-likeness (QED) is 0.464. The number of carbonyl (C=O) groups is 1. The summed E-state index contributed by atoms with van der Waals surface area (Å²) in [6.07, 6.45) is 1.41. The van der Waals surface area contributed by atoms with Crippen LogP contribution in [0.3, 0.4) is 0 Å². The lowest BCUT2D eigenvalue weighted by Crippen LogP contribution is -2.45. The molecule has 0 saturated heterocycles. The number of nitrogens with one attached hydrogen (secondary N) is 3. The van der Waals surface area contributed by atoms with Crippen LogP contribution in [0.15, 0.2) is 79.1 Å². The van der Waals surface area contributed by atoms with Gasteiger partial charge in [-0.25, -0.2) is 9.78 Å². The van der Waals surface area contributed by atoms with Gasteiger partial charge in [-0.15, -0.1) is 0 Å². The van der Waals surface area contributed by atoms with Crippen LogP contribution in [0.4, 0.5) is 4.79 Å². The number of aromatic amines is 1. The van der Waals surface area contributed by atoms with Gasteiger partial charge in [0.25, 0.3) is 0 Å². The van der Waals surface area contributed by atoms with Crippen LogP contribution in [0.25, 0.3) is 11.0 Å². The Bertz CT molecular complexity index is 1190. The summed E-state index contributed by atoms with van der Waals surface area (Å²) in [5.41, 5.74) is 3.76. The third-order valence-corrected chi connectivity index (χ3v) is 5.24. The number of imidazole rings is 1. The number of carbonyl (C=O) groups excluding carboxylic acids is 1. The van der Waals surface area contributed by atoms with E-state index in [9.17, 15) is 4.79 Å². The number of ether oxygens (including phenoxy) is 2. The highest BCUT2D eigenvalue weighted by atomic mass is 16.6. The highest BCUT2D eigenvalue weighted by molar-refractivity contribution is 5.77. The first-order valence-electron chi connectivity index (χ1n) is 10.2. The number of nitrogens with zero attached hydrogens (tertiary/aromatic N) is 1. The van der Waals surface area contributed by atoms with E-state index >= 15 is 0 Å². The molecule has 2 atom stereocenters. The lowest BCUT2D eigenvalue weighted by Gasteiger charge is -2.27. The number of fused-ring (bicyclic) bond motifs is 2. The monoisotopic (exact) mass is 414 g/mol. The fraction of sp³-hybridized carbons (Fsp3) is 0.167. The van der Waals surface area contributed by atoms with Crippen LogP contribution in [0, 0.1) is 0 Å². The van der Waals surface area contributed by atoms with Gasteiger partial charge in [-0.05, 0) is 35.4 Å². The number of rotatable bonds is 5. The molecule has 0 unspecified atom stereocenters. The molecular weight excluding hydrogens is 392 g/mol. The Balaban J connectivity index is 1.28. The molecule has 4 aromatic rings. The van der Waals surface area contributed by atoms with Gasteiger partial charge < -0.3 is 25.1 Å². The Morgan fingerprint density at radius 3 is 2.71 bits per heavy atom. The number of para-hydroxylation sites is 2. The molecule has 0 radical (unpaired) electrons. The van der Waals surface area contributed by atoms with Gasteiger partial charge in [0.15, 0.2) is 17.6 Å². The largest absolute Gasteiger partial charge is 0.486 e. The van der Waals surface area contributed by atoms with E-state index < -0.39 is 0 Å². The zero-order valence-corrected chi connectivity index (χ0v) is 16.7. The third kappa shape index (κ3) is 4.16. The molecule has 0 bridgehead atoms. The fourth-order valence-corrected chi connectivity index (χ4v) is 3.69. The highest BCUT2D eigenvalue weighted by Gasteiger charge is 2.22. The summed E-state index contributed by atoms with van der Waals surface area (Å²) in [6, 6.07) is 22.7. The number of amides is 2. The molecule has 0 spiro atoms. The van der Waals surface area contributed by atoms with Crippen molar-refractivity contribution in [1.29, 1.82) is 0 Å². The topological polar surface area (TPSA) is 88.3 Å². The highest BCUT2D eigenvalue weighted by Crippen LogP contribution is 2.30. The third-order valence-electron chi connectivity index (χ3n) is 5.24. The van der Waals surface area contributed by atoms with Crippen molar-refractivity contribution < 1.29 is 14.3 Å². The number of urea groups is 1. The standard InChI is InChI=1S/C24H22N4O3/c29-24(25-13-18-14-30-21-8-4-5-9-22(21)31-18)28-23(16-6-2-1-3-7-16)17-10-11-19-20(12-17)27-15-26-19/h1-12,15,18,23H,13-14H2,(H,26,27)(H2,25,28,29)/t18-,23-/m1/s1. The van der Waals surface area contributed by atoms with Gasteiger partial charge in [-0.2, -0.15) is 0 Å². The predicted octanol–water partition coefficient (Wildman–Crippen LogP) is 3.79. The Labute approximate surface area is 179 Å². The van der Waals surface area contributed by atoms with E-state index in [-0.39, 0.29) is 18.2 Å². The van der Waals surface area contributed by atoms with Crippen LogP contribution in [0.2, 0.25) is 0 Å². The van der Waals surface area contributed by atoms with Crippen molar-refractivity contribution in [3.63, 3.8) is 0 Å². The van der Waals surface area contributed by atoms with Crippen LogP contribution in [0.5, 0.6) is 11.5 Å². The molecule has 0 fully saturated rings. The summed E-state index contributed by atoms with van der Waals surface area (Å²) in [4.78, 5) is 20.2. The molecule has 1 aromatic heterocycles. The van der Waals surface area contributed by atoms with Gasteiger partial charge in [0.05, 0.1) is 29.9 Å². The first-order chi connectivity index (χ1) is 15.3. The molecule has 1 aliphatic heterocycles. The maximum absolute atomic E-state index is 12.8. The minimum Gasteiger partial charge on any atom is -0.486 e. The van der Waals surface area contributed by atoms with Gasteiger partial charge in [0, 0.05) is 0 Å². The Kier molecular flexibility index (Phi) is 5.14. The number of aromatic nitrogens is 2. The SMILES string of the molecule is O=C(NC[C@@H]1COc2ccccc2O1)N[C@H](c1ccccc1)c1ccc2nc[nH]c2c1. The summed E-state index contributed by atoms with van der Waals surface area (Å²) in [5.74, 6) is 1.41. The molecule has 0 aliphatic carbocycles. The van der Waals surface area contributed by atoms with E-state index in [4.69, 9.17) is 9.47 Å². The number of benzene rings is 3. The van der Waals surface area contributed by atoms with Crippen LogP contribution in [-0.4, -0.2) is 35.3 Å². The molecule has 7 heteroatoms. The molecule has 31 heavy (non-hydrogen) atoms. The molecule has 2 heterocycles. The minimum atomic E-state index is -0.307. The summed E-state index contributed by atoms with van der Waals surface area (Å²) >= 11 is 0. The molecular formula is C24H22N4O3. The van der Waals surface area contributed by atoms with Gasteiger partial charge >= 0.3 is 6.03 Å². The first kappa shape index (κ1) is 19.0. The molecule has 3 N–H and O–H groups in total. The predicted molar refractivity (Wildman–Crippen MR) is 117 cm³/mol. The van der Waals surface area contributed by atoms with E-state index in [2.05, 4.69) is 20.6 Å². The van der Waals surface area contributed by atoms with Crippen LogP contribution >= 0.6 is 0 Å². The smallest absolute Gasteiger partial charge is 0.315 e. The summed E-state index contributed by atoms with van der Waals surface area (Å²) in [7, 11) is 0. The van der Waals surface area contributed by atoms with E-state index in [1.54, 1.807) is 6.33 Å². The maximum atomic E-state index is 12.8. The van der Waals surface area contributed by atoms with Crippen LogP contribution in [-0.2, 0) is 0 Å². The van der Waals surface area contributed by atoms with Gasteiger partial charge in [0.1, 0.15) is 6.61 Å². The zero-order valence-electron chi connectivity index (χ0n) is 16.7. The lowest BCUT2D eigenvalue weighted by atomic mass is 9.98. The molecule has 2 amide bonds. The second kappa shape index (κ2) is 8.39. The van der Waals surface area contributed by atoms with Gasteiger partial charge in [0.2, 0.25) is 0 Å². The Hall–Kier alpha value is -4.00. The lowest BCUT2D eigenvalue weighted by molar-refractivity contribution is 0.0917. The van der Waals surface area contributed by atoms with Crippen molar-refractivity contribution >= 4 is 17.1 Å². The zero-order chi connectivity index (χ0) is 21.0. The second-order valence-electron chi connectivity index (χ2n) is 7.37. The summed E-state index contributed by atoms with van der Waals surface area (Å²) in [5, 5.41) is 5.99. The van der Waals surface area contributed by atoms with Crippen LogP contribution < -0.4 is 20.1 Å². The van der Waals surface area contributed by atoms with Crippen molar-refractivity contribution in [1.82, 2.24) is 20.6 Å². The molecule has 1 aliphatic rings. The molecule has 5 rings (SSSR count). The van der Waals surface area contributed by atoms with E-state index in [1.165, 1.54) is 0 Å². The van der Waals surface area contributed by atoms with Crippen molar-refractivity contribution in [3.05, 3.63) is 90.3 Å². The minimum absolute atomic E-state index is 0.253. The van der Waals surface area contributed by atoms with E-state index in [1.807, 2.05) is 72.8 Å². The average molecular weight is 414 g/mol. The maximum Gasteiger partial charge on any atom is 0.315 e. The van der Waals surface area contributed by atoms with E-state index in [0.29, 0.717) is 18.9 Å². The fourth-order valence-electron chi connectivity index (χ4n) is 3.69. The Morgan fingerprint density at radius 1 is 1.03 bits per heavy atom. The first-order valence-corrected chi connectivity index (χ1v) is 10.2. The number of hydrogen-bond donors (Lipinski definition) is 3. The van der Waals surface area contributed by atoms with Crippen molar-refractivity contribution in [2.24, 2.45) is 0 Å². The summed E-state index contributed by atoms with van der Waals surface area (Å²) in [6.45, 7) is 0.719. The average Bonchev–Trinajstić information content (AvgIpc) is 3.29. The normalized spacial score (nSPS) is 15.9. The van der Waals surface area contributed by atoms with Gasteiger partial charge in [-0.3, -0.25) is 0 Å². The van der Waals surface area contributed by atoms with Crippen molar-refractivity contribution in [2.45, 2.75) is 12.1 Å². The van der Waals surface area contributed by atoms with Gasteiger partial charge in [-0.1, -0.05) is 48.5 Å². The van der Waals surface area contributed by atoms with Crippen molar-refractivity contribution in [2.75, 3.05) is 13.2 Å². The molecule has 156 valence electrons. The molecule has 3 aromatic carbocycles. The second-order valence-corrected chi connectivity index (χ2v) is 7.37.